The van der Waals surface area contributed by atoms with E-state index in [4.69, 9.17) is 0 Å². The van der Waals surface area contributed by atoms with Crippen molar-refractivity contribution in [1.29, 1.82) is 0 Å². The Bertz CT molecular complexity index is 371. The highest BCUT2D eigenvalue weighted by atomic mass is 16.4. The molecule has 2 bridgehead atoms. The van der Waals surface area contributed by atoms with Gasteiger partial charge in [0.15, 0.2) is 7.28 Å². The average Bonchev–Trinajstić information content (AvgIpc) is 2.56. The molecule has 3 nitrogen and oxygen atoms in total. The number of rotatable bonds is 2. The average molecular weight is 292 g/mol. The van der Waals surface area contributed by atoms with Crippen molar-refractivity contribution < 1.29 is 14.7 Å². The molecule has 2 fully saturated rings. The van der Waals surface area contributed by atoms with Crippen LogP contribution in [0.4, 0.5) is 0 Å². The number of hydrogen-bond acceptors (Lipinski definition) is 2. The third-order valence-electron chi connectivity index (χ3n) is 5.80. The largest absolute Gasteiger partial charge is 0.481 e. The zero-order valence-corrected chi connectivity index (χ0v) is 13.2. The fourth-order valence-electron chi connectivity index (χ4n) is 4.49. The molecule has 2 saturated heterocycles. The van der Waals surface area contributed by atoms with Gasteiger partial charge in [-0.3, -0.25) is 4.79 Å². The molecule has 2 aliphatic rings. The maximum atomic E-state index is 12.1. The van der Waals surface area contributed by atoms with Crippen LogP contribution in [0.5, 0.6) is 0 Å². The second-order valence-corrected chi connectivity index (χ2v) is 7.42. The Morgan fingerprint density at radius 1 is 0.810 bits per heavy atom. The predicted octanol–water partition coefficient (Wildman–Crippen LogP) is 4.12. The first-order chi connectivity index (χ1) is 10.1. The molecule has 4 heteroatoms. The monoisotopic (exact) mass is 292 g/mol. The van der Waals surface area contributed by atoms with E-state index in [1.165, 1.54) is 12.8 Å². The van der Waals surface area contributed by atoms with Crippen LogP contribution in [-0.4, -0.2) is 24.6 Å². The summed E-state index contributed by atoms with van der Waals surface area (Å²) in [6, 6.07) is 0. The van der Waals surface area contributed by atoms with Crippen LogP contribution in [-0.2, 0) is 9.59 Å². The van der Waals surface area contributed by atoms with Gasteiger partial charge in [0, 0.05) is 10.6 Å². The fourth-order valence-corrected chi connectivity index (χ4v) is 4.49. The first-order valence-corrected chi connectivity index (χ1v) is 8.82. The van der Waals surface area contributed by atoms with Crippen molar-refractivity contribution in [2.75, 3.05) is 0 Å². The summed E-state index contributed by atoms with van der Waals surface area (Å²) in [7, 11) is 0.582. The van der Waals surface area contributed by atoms with Crippen molar-refractivity contribution >= 4 is 19.5 Å². The number of aldehydes is 1. The number of carbonyl (C=O) groups is 2. The second kappa shape index (κ2) is 7.46. The molecule has 0 radical (unpaired) electrons. The number of carboxylic acids is 1. The Labute approximate surface area is 129 Å². The number of fused-ring (bicyclic) bond motifs is 2. The third-order valence-corrected chi connectivity index (χ3v) is 5.80. The van der Waals surface area contributed by atoms with E-state index in [1.54, 1.807) is 0 Å². The van der Waals surface area contributed by atoms with Crippen molar-refractivity contribution in [1.82, 2.24) is 0 Å². The quantitative estimate of drug-likeness (QED) is 0.615. The lowest BCUT2D eigenvalue weighted by Crippen LogP contribution is -2.38. The molecule has 2 heterocycles. The van der Waals surface area contributed by atoms with Gasteiger partial charge in [-0.2, -0.15) is 0 Å². The molecule has 0 saturated carbocycles. The maximum Gasteiger partial charge on any atom is 0.301 e. The molecule has 0 aliphatic carbocycles. The van der Waals surface area contributed by atoms with Gasteiger partial charge in [-0.25, -0.2) is 0 Å². The van der Waals surface area contributed by atoms with E-state index in [0.717, 1.165) is 76.9 Å². The minimum Gasteiger partial charge on any atom is -0.481 e. The van der Waals surface area contributed by atoms with Crippen molar-refractivity contribution in [2.24, 2.45) is 0 Å². The summed E-state index contributed by atoms with van der Waals surface area (Å²) >= 11 is 0. The van der Waals surface area contributed by atoms with E-state index in [-0.39, 0.29) is 5.31 Å². The normalized spacial score (nSPS) is 35.4. The van der Waals surface area contributed by atoms with Gasteiger partial charge in [0.25, 0.3) is 0 Å². The molecule has 2 rings (SSSR count). The van der Waals surface area contributed by atoms with E-state index in [2.05, 4.69) is 0 Å². The molecule has 0 amide bonds. The van der Waals surface area contributed by atoms with Crippen LogP contribution < -0.4 is 0 Å². The number of aliphatic carboxylic acids is 1. The summed E-state index contributed by atoms with van der Waals surface area (Å²) in [4.78, 5) is 24.0. The predicted molar refractivity (Wildman–Crippen MR) is 86.3 cm³/mol. The standard InChI is InChI=1S/C17H29BO3/c19-14-16-10-6-2-1-3-8-12-17(18-16,15(20)21)13-9-5-4-7-11-16/h14,18H,1-13H2,(H,20,21). The van der Waals surface area contributed by atoms with Crippen molar-refractivity contribution in [3.63, 3.8) is 0 Å². The summed E-state index contributed by atoms with van der Waals surface area (Å²) in [5.41, 5.74) is 0. The summed E-state index contributed by atoms with van der Waals surface area (Å²) in [6.07, 6.45) is 14.4. The first-order valence-electron chi connectivity index (χ1n) is 8.82. The highest BCUT2D eigenvalue weighted by Gasteiger charge is 2.47. The Balaban J connectivity index is 2.32. The SMILES string of the molecule is O=CC12BC(C(=O)O)(CCCCCCC1)CCCCCC2. The number of hydrogen-bond donors (Lipinski definition) is 1. The van der Waals surface area contributed by atoms with Gasteiger partial charge in [0.1, 0.15) is 6.29 Å². The van der Waals surface area contributed by atoms with Crippen molar-refractivity contribution in [3.8, 4) is 0 Å². The molecule has 0 aromatic carbocycles. The molecule has 0 aromatic rings. The Hall–Kier alpha value is -0.795. The molecule has 2 atom stereocenters. The van der Waals surface area contributed by atoms with Crippen LogP contribution in [0, 0.1) is 0 Å². The van der Waals surface area contributed by atoms with Crippen LogP contribution in [0.2, 0.25) is 10.6 Å². The first kappa shape index (κ1) is 16.6. The minimum atomic E-state index is -0.656. The Morgan fingerprint density at radius 2 is 1.24 bits per heavy atom. The van der Waals surface area contributed by atoms with Gasteiger partial charge in [-0.1, -0.05) is 57.8 Å². The summed E-state index contributed by atoms with van der Waals surface area (Å²) in [6.45, 7) is 0. The van der Waals surface area contributed by atoms with E-state index in [0.29, 0.717) is 7.28 Å². The molecular formula is C17H29BO3. The zero-order valence-electron chi connectivity index (χ0n) is 13.2. The van der Waals surface area contributed by atoms with Crippen LogP contribution in [0.1, 0.15) is 83.5 Å². The lowest BCUT2D eigenvalue weighted by molar-refractivity contribution is -0.141. The van der Waals surface area contributed by atoms with Gasteiger partial charge in [0.2, 0.25) is 0 Å². The highest BCUT2D eigenvalue weighted by molar-refractivity contribution is 6.54. The van der Waals surface area contributed by atoms with Crippen LogP contribution in [0.25, 0.3) is 0 Å². The van der Waals surface area contributed by atoms with E-state index < -0.39 is 11.3 Å². The van der Waals surface area contributed by atoms with Gasteiger partial charge in [-0.05, 0) is 25.7 Å². The van der Waals surface area contributed by atoms with Crippen LogP contribution in [0.15, 0.2) is 0 Å². The van der Waals surface area contributed by atoms with E-state index in [9.17, 15) is 14.7 Å². The maximum absolute atomic E-state index is 12.1. The molecule has 1 N–H and O–H groups in total. The lowest BCUT2D eigenvalue weighted by atomic mass is 9.35. The number of carboxylic acid groups (broad SMARTS) is 1. The molecule has 21 heavy (non-hydrogen) atoms. The Kier molecular flexibility index (Phi) is 5.89. The second-order valence-electron chi connectivity index (χ2n) is 7.42. The molecule has 0 aromatic heterocycles. The molecule has 2 unspecified atom stereocenters. The van der Waals surface area contributed by atoms with Gasteiger partial charge in [0.05, 0.1) is 0 Å². The van der Waals surface area contributed by atoms with Gasteiger partial charge >= 0.3 is 5.97 Å². The fraction of sp³-hybridized carbons (Fsp3) is 0.882. The number of carbonyl (C=O) groups excluding carboxylic acids is 1. The van der Waals surface area contributed by atoms with E-state index >= 15 is 0 Å². The van der Waals surface area contributed by atoms with Gasteiger partial charge < -0.3 is 9.90 Å². The minimum absolute atomic E-state index is 0.375. The molecular weight excluding hydrogens is 263 g/mol. The van der Waals surface area contributed by atoms with Crippen molar-refractivity contribution in [3.05, 3.63) is 0 Å². The van der Waals surface area contributed by atoms with Crippen molar-refractivity contribution in [2.45, 2.75) is 94.1 Å². The Morgan fingerprint density at radius 3 is 1.67 bits per heavy atom. The third kappa shape index (κ3) is 4.11. The molecule has 0 spiro atoms. The molecule has 118 valence electrons. The summed E-state index contributed by atoms with van der Waals surface area (Å²) in [5.74, 6) is -0.656. The smallest absolute Gasteiger partial charge is 0.301 e. The van der Waals surface area contributed by atoms with Crippen LogP contribution in [0.3, 0.4) is 0 Å². The van der Waals surface area contributed by atoms with Gasteiger partial charge in [-0.15, -0.1) is 0 Å². The lowest BCUT2D eigenvalue weighted by Gasteiger charge is -2.38. The summed E-state index contributed by atoms with van der Waals surface area (Å²) < 4.78 is 0. The summed E-state index contributed by atoms with van der Waals surface area (Å²) in [5, 5.41) is 8.90. The zero-order chi connectivity index (χ0) is 15.2. The van der Waals surface area contributed by atoms with E-state index in [1.807, 2.05) is 0 Å². The van der Waals surface area contributed by atoms with Crippen LogP contribution >= 0.6 is 0 Å². The highest BCUT2D eigenvalue weighted by Crippen LogP contribution is 2.50. The topological polar surface area (TPSA) is 54.4 Å². The molecule has 2 aliphatic heterocycles.